The van der Waals surface area contributed by atoms with Gasteiger partial charge in [-0.15, -0.1) is 0 Å². The fourth-order valence-electron chi connectivity index (χ4n) is 2.73. The highest BCUT2D eigenvalue weighted by molar-refractivity contribution is 6.35. The Morgan fingerprint density at radius 1 is 0.786 bits per heavy atom. The number of anilines is 1. The molecule has 0 atom stereocenters. The molecule has 0 aromatic heterocycles. The van der Waals surface area contributed by atoms with E-state index in [2.05, 4.69) is 10.6 Å². The van der Waals surface area contributed by atoms with E-state index in [-0.39, 0.29) is 5.91 Å². The van der Waals surface area contributed by atoms with Crippen molar-refractivity contribution in [2.24, 2.45) is 0 Å². The molecule has 2 N–H and O–H groups in total. The van der Waals surface area contributed by atoms with Gasteiger partial charge in [0.05, 0.1) is 11.3 Å². The van der Waals surface area contributed by atoms with Crippen LogP contribution in [0.5, 0.6) is 0 Å². The summed E-state index contributed by atoms with van der Waals surface area (Å²) < 4.78 is 0. The number of carbonyl (C=O) groups is 2. The molecule has 0 unspecified atom stereocenters. The highest BCUT2D eigenvalue weighted by atomic mass is 35.5. The Hall–Kier alpha value is -2.82. The van der Waals surface area contributed by atoms with E-state index in [0.29, 0.717) is 33.4 Å². The van der Waals surface area contributed by atoms with Gasteiger partial charge >= 0.3 is 0 Å². The lowest BCUT2D eigenvalue weighted by molar-refractivity contribution is 0.0955. The van der Waals surface area contributed by atoms with Crippen molar-refractivity contribution in [3.63, 3.8) is 0 Å². The molecule has 4 nitrogen and oxygen atoms in total. The predicted molar refractivity (Wildman–Crippen MR) is 113 cm³/mol. The highest BCUT2D eigenvalue weighted by Gasteiger charge is 2.14. The van der Waals surface area contributed by atoms with E-state index in [1.54, 1.807) is 30.3 Å². The number of benzene rings is 3. The van der Waals surface area contributed by atoms with Gasteiger partial charge in [0.15, 0.2) is 0 Å². The molecule has 3 aromatic carbocycles. The Labute approximate surface area is 173 Å². The zero-order valence-electron chi connectivity index (χ0n) is 14.9. The van der Waals surface area contributed by atoms with Gasteiger partial charge in [0.25, 0.3) is 11.8 Å². The summed E-state index contributed by atoms with van der Waals surface area (Å²) >= 11 is 11.9. The van der Waals surface area contributed by atoms with Crippen molar-refractivity contribution in [1.29, 1.82) is 0 Å². The molecule has 0 saturated carbocycles. The van der Waals surface area contributed by atoms with E-state index in [0.717, 1.165) is 12.0 Å². The van der Waals surface area contributed by atoms with Crippen LogP contribution in [0.25, 0.3) is 0 Å². The van der Waals surface area contributed by atoms with E-state index in [9.17, 15) is 9.59 Å². The second-order valence-electron chi connectivity index (χ2n) is 6.15. The van der Waals surface area contributed by atoms with Crippen LogP contribution in [-0.2, 0) is 6.42 Å². The molecule has 0 aliphatic heterocycles. The highest BCUT2D eigenvalue weighted by Crippen LogP contribution is 2.21. The minimum atomic E-state index is -0.395. The van der Waals surface area contributed by atoms with Gasteiger partial charge < -0.3 is 10.6 Å². The molecule has 6 heteroatoms. The van der Waals surface area contributed by atoms with Crippen molar-refractivity contribution < 1.29 is 9.59 Å². The smallest absolute Gasteiger partial charge is 0.255 e. The number of rotatable bonds is 6. The van der Waals surface area contributed by atoms with Gasteiger partial charge in [-0.2, -0.15) is 0 Å². The van der Waals surface area contributed by atoms with Crippen molar-refractivity contribution >= 4 is 40.7 Å². The number of para-hydroxylation sites is 1. The van der Waals surface area contributed by atoms with Crippen molar-refractivity contribution in [2.75, 3.05) is 11.9 Å². The molecule has 2 amide bonds. The Bertz CT molecular complexity index is 971. The van der Waals surface area contributed by atoms with Gasteiger partial charge in [-0.3, -0.25) is 9.59 Å². The number of nitrogens with one attached hydrogen (secondary N) is 2. The van der Waals surface area contributed by atoms with Crippen LogP contribution >= 0.6 is 23.2 Å². The average Bonchev–Trinajstić information content (AvgIpc) is 2.68. The molecule has 0 aliphatic rings. The summed E-state index contributed by atoms with van der Waals surface area (Å²) in [4.78, 5) is 25.1. The van der Waals surface area contributed by atoms with Crippen molar-refractivity contribution in [3.8, 4) is 0 Å². The van der Waals surface area contributed by atoms with Crippen molar-refractivity contribution in [3.05, 3.63) is 99.5 Å². The molecule has 0 aliphatic carbocycles. The summed E-state index contributed by atoms with van der Waals surface area (Å²) in [5, 5.41) is 6.37. The lowest BCUT2D eigenvalue weighted by atomic mass is 10.1. The molecule has 28 heavy (non-hydrogen) atoms. The van der Waals surface area contributed by atoms with Crippen LogP contribution in [-0.4, -0.2) is 18.4 Å². The molecule has 142 valence electrons. The quantitative estimate of drug-likeness (QED) is 0.582. The van der Waals surface area contributed by atoms with E-state index in [1.807, 2.05) is 30.3 Å². The molecule has 0 heterocycles. The SMILES string of the molecule is O=C(Nc1ccccc1C(=O)NCCc1ccccc1)c1cc(Cl)cc(Cl)c1. The van der Waals surface area contributed by atoms with Crippen LogP contribution in [0, 0.1) is 0 Å². The van der Waals surface area contributed by atoms with Crippen molar-refractivity contribution in [1.82, 2.24) is 5.32 Å². The number of halogens is 2. The molecule has 0 radical (unpaired) electrons. The fraction of sp³-hybridized carbons (Fsp3) is 0.0909. The van der Waals surface area contributed by atoms with Gasteiger partial charge in [-0.25, -0.2) is 0 Å². The third-order valence-corrected chi connectivity index (χ3v) is 4.52. The first kappa shape index (κ1) is 19.9. The minimum absolute atomic E-state index is 0.254. The van der Waals surface area contributed by atoms with Crippen LogP contribution < -0.4 is 10.6 Å². The first-order chi connectivity index (χ1) is 13.5. The van der Waals surface area contributed by atoms with Crippen LogP contribution in [0.15, 0.2) is 72.8 Å². The average molecular weight is 413 g/mol. The summed E-state index contributed by atoms with van der Waals surface area (Å²) in [6, 6.07) is 21.3. The molecular formula is C22H18Cl2N2O2. The van der Waals surface area contributed by atoms with Crippen LogP contribution in [0.1, 0.15) is 26.3 Å². The number of hydrogen-bond donors (Lipinski definition) is 2. The first-order valence-electron chi connectivity index (χ1n) is 8.71. The van der Waals surface area contributed by atoms with Gasteiger partial charge in [-0.1, -0.05) is 65.7 Å². The second kappa shape index (κ2) is 9.40. The number of carbonyl (C=O) groups excluding carboxylic acids is 2. The molecule has 3 rings (SSSR count). The second-order valence-corrected chi connectivity index (χ2v) is 7.02. The normalized spacial score (nSPS) is 10.4. The summed E-state index contributed by atoms with van der Waals surface area (Å²) in [6.45, 7) is 0.495. The summed E-state index contributed by atoms with van der Waals surface area (Å²) in [5.74, 6) is -0.648. The molecule has 0 saturated heterocycles. The van der Waals surface area contributed by atoms with E-state index < -0.39 is 5.91 Å². The zero-order valence-corrected chi connectivity index (χ0v) is 16.4. The van der Waals surface area contributed by atoms with E-state index >= 15 is 0 Å². The van der Waals surface area contributed by atoms with Gasteiger partial charge in [0.1, 0.15) is 0 Å². The monoisotopic (exact) mass is 412 g/mol. The molecule has 0 fully saturated rings. The van der Waals surface area contributed by atoms with Gasteiger partial charge in [0, 0.05) is 22.2 Å². The van der Waals surface area contributed by atoms with E-state index in [4.69, 9.17) is 23.2 Å². The van der Waals surface area contributed by atoms with Gasteiger partial charge in [0.2, 0.25) is 0 Å². The molecule has 0 bridgehead atoms. The number of hydrogen-bond acceptors (Lipinski definition) is 2. The summed E-state index contributed by atoms with van der Waals surface area (Å²) in [7, 11) is 0. The Morgan fingerprint density at radius 3 is 2.14 bits per heavy atom. The summed E-state index contributed by atoms with van der Waals surface area (Å²) in [5.41, 5.74) is 2.26. The maximum Gasteiger partial charge on any atom is 0.255 e. The first-order valence-corrected chi connectivity index (χ1v) is 9.47. The Balaban J connectivity index is 1.68. The predicted octanol–water partition coefficient (Wildman–Crippen LogP) is 5.22. The minimum Gasteiger partial charge on any atom is -0.352 e. The largest absolute Gasteiger partial charge is 0.352 e. The molecule has 3 aromatic rings. The number of amides is 2. The Morgan fingerprint density at radius 2 is 1.43 bits per heavy atom. The topological polar surface area (TPSA) is 58.2 Å². The fourth-order valence-corrected chi connectivity index (χ4v) is 3.26. The lowest BCUT2D eigenvalue weighted by Gasteiger charge is -2.12. The summed E-state index contributed by atoms with van der Waals surface area (Å²) in [6.07, 6.45) is 0.724. The lowest BCUT2D eigenvalue weighted by Crippen LogP contribution is -2.27. The maximum atomic E-state index is 12.6. The van der Waals surface area contributed by atoms with Crippen LogP contribution in [0.3, 0.4) is 0 Å². The molecular weight excluding hydrogens is 395 g/mol. The maximum absolute atomic E-state index is 12.6. The third-order valence-electron chi connectivity index (χ3n) is 4.09. The standard InChI is InChI=1S/C22H18Cl2N2O2/c23-17-12-16(13-18(24)14-17)21(27)26-20-9-5-4-8-19(20)22(28)25-11-10-15-6-2-1-3-7-15/h1-9,12-14H,10-11H2,(H,25,28)(H,26,27). The van der Waals surface area contributed by atoms with Crippen LogP contribution in [0.2, 0.25) is 10.0 Å². The van der Waals surface area contributed by atoms with Crippen molar-refractivity contribution in [2.45, 2.75) is 6.42 Å². The van der Waals surface area contributed by atoms with E-state index in [1.165, 1.54) is 12.1 Å². The third kappa shape index (κ3) is 5.35. The van der Waals surface area contributed by atoms with Crippen LogP contribution in [0.4, 0.5) is 5.69 Å². The van der Waals surface area contributed by atoms with Gasteiger partial charge in [-0.05, 0) is 42.3 Å². The zero-order chi connectivity index (χ0) is 19.9. The molecule has 0 spiro atoms. The Kier molecular flexibility index (Phi) is 6.69.